The number of sulfonamides is 1. The van der Waals surface area contributed by atoms with E-state index in [2.05, 4.69) is 4.72 Å². The fraction of sp³-hybridized carbons (Fsp3) is 0. The monoisotopic (exact) mass is 397 g/mol. The molecule has 0 saturated carbocycles. The van der Waals surface area contributed by atoms with Crippen molar-refractivity contribution in [3.8, 4) is 0 Å². The number of hydrogen-bond acceptors (Lipinski definition) is 4. The minimum absolute atomic E-state index is 0.0765. The van der Waals surface area contributed by atoms with E-state index in [9.17, 15) is 18.0 Å². The first-order valence-corrected chi connectivity index (χ1v) is 9.84. The summed E-state index contributed by atoms with van der Waals surface area (Å²) in [4.78, 5) is 25.5. The van der Waals surface area contributed by atoms with Gasteiger partial charge in [0.2, 0.25) is 0 Å². The molecule has 1 aliphatic rings. The summed E-state index contributed by atoms with van der Waals surface area (Å²) in [6.07, 6.45) is 0. The highest BCUT2D eigenvalue weighted by Gasteiger charge is 2.34. The third kappa shape index (κ3) is 2.93. The maximum absolute atomic E-state index is 13.0. The van der Waals surface area contributed by atoms with Gasteiger partial charge in [0.05, 0.1) is 16.1 Å². The average Bonchev–Trinajstić information content (AvgIpc) is 2.65. The number of ketones is 2. The van der Waals surface area contributed by atoms with Gasteiger partial charge in [0.1, 0.15) is 0 Å². The number of carbonyl (C=O) groups is 2. The van der Waals surface area contributed by atoms with Gasteiger partial charge in [-0.3, -0.25) is 14.3 Å². The van der Waals surface area contributed by atoms with E-state index in [4.69, 9.17) is 11.6 Å². The van der Waals surface area contributed by atoms with Crippen LogP contribution < -0.4 is 4.72 Å². The predicted molar refractivity (Wildman–Crippen MR) is 102 cm³/mol. The van der Waals surface area contributed by atoms with Crippen molar-refractivity contribution in [3.05, 3.63) is 94.0 Å². The fourth-order valence-corrected chi connectivity index (χ4v) is 4.57. The molecule has 0 spiro atoms. The van der Waals surface area contributed by atoms with E-state index in [0.717, 1.165) is 0 Å². The van der Waals surface area contributed by atoms with Crippen molar-refractivity contribution >= 4 is 38.9 Å². The summed E-state index contributed by atoms with van der Waals surface area (Å²) in [6, 6.07) is 16.8. The van der Waals surface area contributed by atoms with E-state index in [1.165, 1.54) is 30.3 Å². The summed E-state index contributed by atoms with van der Waals surface area (Å²) < 4.78 is 28.3. The second kappa shape index (κ2) is 6.33. The van der Waals surface area contributed by atoms with Crippen LogP contribution >= 0.6 is 11.6 Å². The Morgan fingerprint density at radius 3 is 2.07 bits per heavy atom. The van der Waals surface area contributed by atoms with Crippen molar-refractivity contribution in [1.29, 1.82) is 0 Å². The summed E-state index contributed by atoms with van der Waals surface area (Å²) in [5, 5.41) is 0.366. The Morgan fingerprint density at radius 2 is 1.37 bits per heavy atom. The molecule has 0 radical (unpaired) electrons. The first-order chi connectivity index (χ1) is 12.9. The lowest BCUT2D eigenvalue weighted by Gasteiger charge is -2.20. The third-order valence-corrected chi connectivity index (χ3v) is 5.94. The Balaban J connectivity index is 1.87. The third-order valence-electron chi connectivity index (χ3n) is 4.28. The fourth-order valence-electron chi connectivity index (χ4n) is 3.10. The van der Waals surface area contributed by atoms with Gasteiger partial charge in [-0.25, -0.2) is 8.42 Å². The van der Waals surface area contributed by atoms with Crippen molar-refractivity contribution in [2.24, 2.45) is 0 Å². The van der Waals surface area contributed by atoms with E-state index in [1.54, 1.807) is 36.4 Å². The van der Waals surface area contributed by atoms with Crippen LogP contribution in [0.5, 0.6) is 0 Å². The van der Waals surface area contributed by atoms with Crippen LogP contribution in [0.15, 0.2) is 71.6 Å². The second-order valence-electron chi connectivity index (χ2n) is 6.00. The molecule has 3 aromatic rings. The Hall–Kier alpha value is -2.96. The van der Waals surface area contributed by atoms with Crippen molar-refractivity contribution in [2.75, 3.05) is 4.72 Å². The molecule has 0 fully saturated rings. The van der Waals surface area contributed by atoms with E-state index in [0.29, 0.717) is 5.02 Å². The number of carbonyl (C=O) groups excluding carboxylic acids is 2. The second-order valence-corrected chi connectivity index (χ2v) is 8.09. The van der Waals surface area contributed by atoms with Gasteiger partial charge in [-0.1, -0.05) is 54.1 Å². The SMILES string of the molecule is O=C1c2ccccc2C(=O)c2c1cccc2S(=O)(=O)Nc1cccc(Cl)c1. The van der Waals surface area contributed by atoms with Crippen LogP contribution in [0.25, 0.3) is 0 Å². The highest BCUT2D eigenvalue weighted by molar-refractivity contribution is 7.92. The molecule has 1 aliphatic carbocycles. The number of nitrogens with one attached hydrogen (secondary N) is 1. The predicted octanol–water partition coefficient (Wildman–Crippen LogP) is 3.92. The number of hydrogen-bond donors (Lipinski definition) is 1. The summed E-state index contributed by atoms with van der Waals surface area (Å²) in [5.41, 5.74) is 0.686. The van der Waals surface area contributed by atoms with Gasteiger partial charge in [-0.05, 0) is 24.3 Å². The first-order valence-electron chi connectivity index (χ1n) is 7.98. The van der Waals surface area contributed by atoms with Gasteiger partial charge in [0.15, 0.2) is 11.6 Å². The quantitative estimate of drug-likeness (QED) is 0.568. The number of benzene rings is 3. The van der Waals surface area contributed by atoms with Crippen LogP contribution in [0.2, 0.25) is 5.02 Å². The van der Waals surface area contributed by atoms with Crippen molar-refractivity contribution in [3.63, 3.8) is 0 Å². The van der Waals surface area contributed by atoms with E-state index in [-0.39, 0.29) is 38.6 Å². The Bertz CT molecular complexity index is 1220. The van der Waals surface area contributed by atoms with Gasteiger partial charge in [0.25, 0.3) is 10.0 Å². The van der Waals surface area contributed by atoms with Crippen LogP contribution in [0.4, 0.5) is 5.69 Å². The normalized spacial score (nSPS) is 13.1. The molecule has 5 nitrogen and oxygen atoms in total. The molecular weight excluding hydrogens is 386 g/mol. The molecule has 7 heteroatoms. The highest BCUT2D eigenvalue weighted by Crippen LogP contribution is 2.32. The van der Waals surface area contributed by atoms with Crippen LogP contribution in [0.1, 0.15) is 31.8 Å². The molecule has 1 N–H and O–H groups in total. The molecule has 134 valence electrons. The van der Waals surface area contributed by atoms with Crippen molar-refractivity contribution in [2.45, 2.75) is 4.90 Å². The number of rotatable bonds is 3. The largest absolute Gasteiger partial charge is 0.289 e. The zero-order valence-electron chi connectivity index (χ0n) is 13.8. The maximum Gasteiger partial charge on any atom is 0.262 e. The van der Waals surface area contributed by atoms with E-state index in [1.807, 2.05) is 0 Å². The van der Waals surface area contributed by atoms with Gasteiger partial charge >= 0.3 is 0 Å². The lowest BCUT2D eigenvalue weighted by atomic mass is 9.84. The summed E-state index contributed by atoms with van der Waals surface area (Å²) >= 11 is 5.90. The summed E-state index contributed by atoms with van der Waals surface area (Å²) in [6.45, 7) is 0. The summed E-state index contributed by atoms with van der Waals surface area (Å²) in [5.74, 6) is -0.868. The molecule has 3 aromatic carbocycles. The number of halogens is 1. The van der Waals surface area contributed by atoms with Gasteiger partial charge < -0.3 is 0 Å². The zero-order valence-corrected chi connectivity index (χ0v) is 15.3. The molecule has 0 bridgehead atoms. The van der Waals surface area contributed by atoms with Crippen LogP contribution in [0.3, 0.4) is 0 Å². The zero-order chi connectivity index (χ0) is 19.2. The number of anilines is 1. The number of fused-ring (bicyclic) bond motifs is 2. The minimum Gasteiger partial charge on any atom is -0.289 e. The molecule has 0 atom stereocenters. The molecule has 27 heavy (non-hydrogen) atoms. The molecule has 0 saturated heterocycles. The Morgan fingerprint density at radius 1 is 0.741 bits per heavy atom. The standard InChI is InChI=1S/C20H12ClNO4S/c21-12-5-3-6-13(11-12)22-27(25,26)17-10-4-9-16-18(17)20(24)15-8-2-1-7-14(15)19(16)23/h1-11,22H. The van der Waals surface area contributed by atoms with Crippen LogP contribution in [0, 0.1) is 0 Å². The molecule has 0 amide bonds. The molecular formula is C20H12ClNO4S. The lowest BCUT2D eigenvalue weighted by Crippen LogP contribution is -2.25. The van der Waals surface area contributed by atoms with Gasteiger partial charge in [-0.15, -0.1) is 0 Å². The first kappa shape index (κ1) is 17.5. The van der Waals surface area contributed by atoms with Crippen molar-refractivity contribution < 1.29 is 18.0 Å². The highest BCUT2D eigenvalue weighted by atomic mass is 35.5. The Labute approximate surface area is 160 Å². The molecule has 0 aliphatic heterocycles. The molecule has 0 aromatic heterocycles. The Kier molecular flexibility index (Phi) is 4.09. The molecule has 0 unspecified atom stereocenters. The lowest BCUT2D eigenvalue weighted by molar-refractivity contribution is 0.0976. The molecule has 0 heterocycles. The van der Waals surface area contributed by atoms with Crippen molar-refractivity contribution in [1.82, 2.24) is 0 Å². The van der Waals surface area contributed by atoms with Gasteiger partial charge in [-0.2, -0.15) is 0 Å². The summed E-state index contributed by atoms with van der Waals surface area (Å²) in [7, 11) is -4.11. The van der Waals surface area contributed by atoms with E-state index >= 15 is 0 Å². The maximum atomic E-state index is 13.0. The molecule has 4 rings (SSSR count). The van der Waals surface area contributed by atoms with Crippen LogP contribution in [-0.4, -0.2) is 20.0 Å². The average molecular weight is 398 g/mol. The van der Waals surface area contributed by atoms with E-state index < -0.39 is 15.8 Å². The minimum atomic E-state index is -4.11. The van der Waals surface area contributed by atoms with Crippen LogP contribution in [-0.2, 0) is 10.0 Å². The topological polar surface area (TPSA) is 80.3 Å². The smallest absolute Gasteiger partial charge is 0.262 e. The van der Waals surface area contributed by atoms with Gasteiger partial charge in [0, 0.05) is 21.7 Å².